The van der Waals surface area contributed by atoms with E-state index < -0.39 is 0 Å². The van der Waals surface area contributed by atoms with Crippen LogP contribution in [0.15, 0.2) is 24.3 Å². The zero-order valence-electron chi connectivity index (χ0n) is 11.4. The minimum Gasteiger partial charge on any atom is -0.354 e. The summed E-state index contributed by atoms with van der Waals surface area (Å²) in [6, 6.07) is 8.10. The van der Waals surface area contributed by atoms with Crippen molar-refractivity contribution in [1.82, 2.24) is 14.9 Å². The van der Waals surface area contributed by atoms with Gasteiger partial charge in [0.05, 0.1) is 11.0 Å². The number of carbonyl (C=O) groups excluding carboxylic acids is 1. The van der Waals surface area contributed by atoms with Crippen molar-refractivity contribution in [2.24, 2.45) is 11.8 Å². The lowest BCUT2D eigenvalue weighted by Crippen LogP contribution is -2.29. The summed E-state index contributed by atoms with van der Waals surface area (Å²) >= 11 is 0. The summed E-state index contributed by atoms with van der Waals surface area (Å²) in [5.41, 5.74) is 2.15. The van der Waals surface area contributed by atoms with Gasteiger partial charge >= 0.3 is 0 Å². The summed E-state index contributed by atoms with van der Waals surface area (Å²) in [7, 11) is 0. The van der Waals surface area contributed by atoms with E-state index in [9.17, 15) is 4.79 Å². The highest BCUT2D eigenvalue weighted by Gasteiger charge is 2.38. The Morgan fingerprint density at radius 2 is 2.21 bits per heavy atom. The molecule has 1 fully saturated rings. The number of para-hydroxylation sites is 2. The smallest absolute Gasteiger partial charge is 0.223 e. The number of benzene rings is 1. The third kappa shape index (κ3) is 2.35. The molecule has 100 valence electrons. The quantitative estimate of drug-likeness (QED) is 0.912. The largest absolute Gasteiger partial charge is 0.354 e. The number of hydrogen-bond acceptors (Lipinski definition) is 2. The second kappa shape index (κ2) is 4.68. The van der Waals surface area contributed by atoms with Crippen LogP contribution in [0, 0.1) is 18.8 Å². The van der Waals surface area contributed by atoms with Crippen molar-refractivity contribution in [3.8, 4) is 0 Å². The number of fused-ring (bicyclic) bond motifs is 1. The number of hydrogen-bond donors (Lipinski definition) is 1. The van der Waals surface area contributed by atoms with E-state index in [0.29, 0.717) is 12.5 Å². The van der Waals surface area contributed by atoms with Crippen LogP contribution in [-0.4, -0.2) is 22.0 Å². The van der Waals surface area contributed by atoms with Gasteiger partial charge in [-0.05, 0) is 31.4 Å². The van der Waals surface area contributed by atoms with E-state index >= 15 is 0 Å². The van der Waals surface area contributed by atoms with Crippen molar-refractivity contribution >= 4 is 16.9 Å². The van der Waals surface area contributed by atoms with Crippen LogP contribution in [0.2, 0.25) is 0 Å². The number of aryl methyl sites for hydroxylation is 1. The summed E-state index contributed by atoms with van der Waals surface area (Å²) in [5, 5.41) is 3.02. The lowest BCUT2D eigenvalue weighted by molar-refractivity contribution is -0.122. The monoisotopic (exact) mass is 257 g/mol. The Kier molecular flexibility index (Phi) is 3.01. The predicted molar refractivity (Wildman–Crippen MR) is 74.8 cm³/mol. The molecular weight excluding hydrogens is 238 g/mol. The molecule has 0 saturated heterocycles. The SMILES string of the molecule is Cc1nc2ccccc2n1CCNC(=O)C1CC1C. The fraction of sp³-hybridized carbons (Fsp3) is 0.467. The van der Waals surface area contributed by atoms with Crippen molar-refractivity contribution in [3.05, 3.63) is 30.1 Å². The molecule has 2 aromatic rings. The minimum absolute atomic E-state index is 0.203. The molecule has 1 heterocycles. The van der Waals surface area contributed by atoms with Gasteiger partial charge in [-0.1, -0.05) is 19.1 Å². The minimum atomic E-state index is 0.203. The average Bonchev–Trinajstić information content (AvgIpc) is 3.04. The molecule has 0 aliphatic heterocycles. The Bertz CT molecular complexity index is 617. The van der Waals surface area contributed by atoms with Crippen molar-refractivity contribution in [1.29, 1.82) is 0 Å². The average molecular weight is 257 g/mol. The summed E-state index contributed by atoms with van der Waals surface area (Å²) in [4.78, 5) is 16.3. The van der Waals surface area contributed by atoms with Gasteiger partial charge in [0.1, 0.15) is 5.82 Å². The molecule has 0 spiro atoms. The molecule has 1 aromatic carbocycles. The molecule has 4 nitrogen and oxygen atoms in total. The number of imidazole rings is 1. The zero-order chi connectivity index (χ0) is 13.4. The van der Waals surface area contributed by atoms with E-state index in [0.717, 1.165) is 29.8 Å². The molecule has 1 amide bonds. The summed E-state index contributed by atoms with van der Waals surface area (Å²) in [6.45, 7) is 5.57. The second-order valence-electron chi connectivity index (χ2n) is 5.41. The summed E-state index contributed by atoms with van der Waals surface area (Å²) < 4.78 is 2.16. The standard InChI is InChI=1S/C15H19N3O/c1-10-9-12(10)15(19)16-7-8-18-11(2)17-13-5-3-4-6-14(13)18/h3-6,10,12H,7-9H2,1-2H3,(H,16,19). The van der Waals surface area contributed by atoms with Crippen LogP contribution >= 0.6 is 0 Å². The lowest BCUT2D eigenvalue weighted by Gasteiger charge is -2.08. The Hall–Kier alpha value is -1.84. The van der Waals surface area contributed by atoms with Gasteiger partial charge in [0.2, 0.25) is 5.91 Å². The maximum Gasteiger partial charge on any atom is 0.223 e. The van der Waals surface area contributed by atoms with Crippen molar-refractivity contribution in [2.45, 2.75) is 26.8 Å². The van der Waals surface area contributed by atoms with Gasteiger partial charge in [0, 0.05) is 19.0 Å². The molecule has 1 aliphatic rings. The van der Waals surface area contributed by atoms with E-state index in [2.05, 4.69) is 27.9 Å². The summed E-state index contributed by atoms with van der Waals surface area (Å²) in [6.07, 6.45) is 1.04. The first-order chi connectivity index (χ1) is 9.16. The molecule has 19 heavy (non-hydrogen) atoms. The molecule has 2 unspecified atom stereocenters. The van der Waals surface area contributed by atoms with Gasteiger partial charge in [-0.25, -0.2) is 4.98 Å². The van der Waals surface area contributed by atoms with Gasteiger partial charge in [-0.15, -0.1) is 0 Å². The Morgan fingerprint density at radius 1 is 1.47 bits per heavy atom. The first kappa shape index (κ1) is 12.2. The topological polar surface area (TPSA) is 46.9 Å². The van der Waals surface area contributed by atoms with Crippen LogP contribution < -0.4 is 5.32 Å². The molecule has 1 N–H and O–H groups in total. The van der Waals surface area contributed by atoms with Crippen LogP contribution in [-0.2, 0) is 11.3 Å². The van der Waals surface area contributed by atoms with E-state index in [-0.39, 0.29) is 11.8 Å². The Labute approximate surface area is 112 Å². The number of carbonyl (C=O) groups is 1. The first-order valence-corrected chi connectivity index (χ1v) is 6.86. The van der Waals surface area contributed by atoms with Crippen LogP contribution in [0.4, 0.5) is 0 Å². The summed E-state index contributed by atoms with van der Waals surface area (Å²) in [5.74, 6) is 2.02. The van der Waals surface area contributed by atoms with E-state index in [4.69, 9.17) is 0 Å². The van der Waals surface area contributed by atoms with E-state index in [1.165, 1.54) is 0 Å². The highest BCUT2D eigenvalue weighted by molar-refractivity contribution is 5.81. The highest BCUT2D eigenvalue weighted by atomic mass is 16.2. The second-order valence-corrected chi connectivity index (χ2v) is 5.41. The third-order valence-electron chi connectivity index (χ3n) is 3.93. The van der Waals surface area contributed by atoms with Gasteiger partial charge < -0.3 is 9.88 Å². The number of nitrogens with zero attached hydrogens (tertiary/aromatic N) is 2. The van der Waals surface area contributed by atoms with Crippen molar-refractivity contribution in [3.63, 3.8) is 0 Å². The Morgan fingerprint density at radius 3 is 2.95 bits per heavy atom. The maximum absolute atomic E-state index is 11.8. The number of nitrogens with one attached hydrogen (secondary N) is 1. The maximum atomic E-state index is 11.8. The van der Waals surface area contributed by atoms with Crippen molar-refractivity contribution < 1.29 is 4.79 Å². The van der Waals surface area contributed by atoms with E-state index in [1.54, 1.807) is 0 Å². The highest BCUT2D eigenvalue weighted by Crippen LogP contribution is 2.37. The predicted octanol–water partition coefficient (Wildman–Crippen LogP) is 2.12. The molecule has 3 rings (SSSR count). The fourth-order valence-corrected chi connectivity index (χ4v) is 2.59. The normalized spacial score (nSPS) is 21.6. The fourth-order valence-electron chi connectivity index (χ4n) is 2.59. The molecule has 2 atom stereocenters. The first-order valence-electron chi connectivity index (χ1n) is 6.86. The lowest BCUT2D eigenvalue weighted by atomic mass is 10.3. The zero-order valence-corrected chi connectivity index (χ0v) is 11.4. The van der Waals surface area contributed by atoms with Crippen LogP contribution in [0.1, 0.15) is 19.2 Å². The van der Waals surface area contributed by atoms with Crippen LogP contribution in [0.25, 0.3) is 11.0 Å². The molecule has 1 saturated carbocycles. The van der Waals surface area contributed by atoms with E-state index in [1.807, 2.05) is 25.1 Å². The molecule has 0 bridgehead atoms. The number of rotatable bonds is 4. The van der Waals surface area contributed by atoms with Gasteiger partial charge in [-0.2, -0.15) is 0 Å². The molecule has 4 heteroatoms. The van der Waals surface area contributed by atoms with Gasteiger partial charge in [0.25, 0.3) is 0 Å². The number of amides is 1. The molecule has 1 aliphatic carbocycles. The number of aromatic nitrogens is 2. The van der Waals surface area contributed by atoms with Crippen LogP contribution in [0.5, 0.6) is 0 Å². The molecular formula is C15H19N3O. The third-order valence-corrected chi connectivity index (χ3v) is 3.93. The van der Waals surface area contributed by atoms with Crippen LogP contribution in [0.3, 0.4) is 0 Å². The molecule has 1 aromatic heterocycles. The Balaban J connectivity index is 1.65. The molecule has 0 radical (unpaired) electrons. The van der Waals surface area contributed by atoms with Gasteiger partial charge in [0.15, 0.2) is 0 Å². The van der Waals surface area contributed by atoms with Gasteiger partial charge in [-0.3, -0.25) is 4.79 Å². The van der Waals surface area contributed by atoms with Crippen molar-refractivity contribution in [2.75, 3.05) is 6.54 Å².